The van der Waals surface area contributed by atoms with Gasteiger partial charge in [-0.15, -0.1) is 0 Å². The number of esters is 3. The Kier molecular flexibility index (Phi) is 21.8. The van der Waals surface area contributed by atoms with Crippen LogP contribution in [0.2, 0.25) is 0 Å². The van der Waals surface area contributed by atoms with Crippen molar-refractivity contribution in [2.75, 3.05) is 26.4 Å². The van der Waals surface area contributed by atoms with E-state index in [1.807, 2.05) is 12.2 Å². The Morgan fingerprint density at radius 3 is 2.02 bits per heavy atom. The van der Waals surface area contributed by atoms with Gasteiger partial charge in [0.05, 0.1) is 18.4 Å². The summed E-state index contributed by atoms with van der Waals surface area (Å²) in [5, 5.41) is 7.58. The van der Waals surface area contributed by atoms with Gasteiger partial charge in [0.15, 0.2) is 5.25 Å². The van der Waals surface area contributed by atoms with Crippen LogP contribution in [-0.2, 0) is 38.7 Å². The zero-order chi connectivity index (χ0) is 29.7. The van der Waals surface area contributed by atoms with Gasteiger partial charge >= 0.3 is 47.5 Å². The molecule has 0 aromatic carbocycles. The SMILES string of the molecule is CCCCC/C=C\C/C=C\C/C=C\C/C=C\CCCC(=O)OCC1(CO)COC(=O)CC(S(=O)(=O)[O-])C(=O)OC1.[Na+]. The Morgan fingerprint density at radius 2 is 1.49 bits per heavy atom. The molecule has 0 aliphatic carbocycles. The molecule has 10 nitrogen and oxygen atoms in total. The molecule has 1 heterocycles. The molecule has 1 aliphatic heterocycles. The van der Waals surface area contributed by atoms with Gasteiger partial charge in [-0.25, -0.2) is 8.42 Å². The maximum Gasteiger partial charge on any atom is 1.00 e. The van der Waals surface area contributed by atoms with E-state index >= 15 is 0 Å². The van der Waals surface area contributed by atoms with Crippen LogP contribution in [-0.4, -0.2) is 67.7 Å². The Morgan fingerprint density at radius 1 is 0.951 bits per heavy atom. The number of cyclic esters (lactones) is 2. The molecule has 1 rings (SSSR count). The average Bonchev–Trinajstić information content (AvgIpc) is 2.98. The number of hydrogen-bond acceptors (Lipinski definition) is 10. The fourth-order valence-corrected chi connectivity index (χ4v) is 4.20. The van der Waals surface area contributed by atoms with Gasteiger partial charge in [0.2, 0.25) is 0 Å². The van der Waals surface area contributed by atoms with Gasteiger partial charge in [0.1, 0.15) is 29.9 Å². The Hall–Kier alpha value is -1.76. The van der Waals surface area contributed by atoms with E-state index in [2.05, 4.69) is 43.4 Å². The number of aliphatic hydroxyl groups is 1. The molecule has 2 atom stereocenters. The smallest absolute Gasteiger partial charge is 0.747 e. The number of unbranched alkanes of at least 4 members (excludes halogenated alkanes) is 4. The number of rotatable bonds is 18. The first-order valence-corrected chi connectivity index (χ1v) is 15.2. The fraction of sp³-hybridized carbons (Fsp3) is 0.621. The minimum atomic E-state index is -5.15. The standard InChI is InChI=1S/C29H44O10S.Na/c1-2-3-4-5-6-7-8-9-10-11-12-13-14-15-16-17-18-19-26(31)37-22-29(21-30)23-38-27(32)20-25(40(34,35)36)28(33)39-24-29;/h6-7,9-10,12-13,15-16,25,30H,2-5,8,11,14,17-24H2,1H3,(H,34,35,36);/q;+1/p-1/b7-6-,10-9-,13-12-,16-15-;. The first-order valence-electron chi connectivity index (χ1n) is 13.8. The molecule has 0 radical (unpaired) electrons. The molecule has 1 aliphatic rings. The first-order chi connectivity index (χ1) is 19.1. The summed E-state index contributed by atoms with van der Waals surface area (Å²) in [7, 11) is -5.15. The summed E-state index contributed by atoms with van der Waals surface area (Å²) in [6.45, 7) is 0.00266. The summed E-state index contributed by atoms with van der Waals surface area (Å²) >= 11 is 0. The van der Waals surface area contributed by atoms with Crippen LogP contribution in [0.4, 0.5) is 0 Å². The van der Waals surface area contributed by atoms with Gasteiger partial charge in [0.25, 0.3) is 0 Å². The van der Waals surface area contributed by atoms with Gasteiger partial charge in [-0.1, -0.05) is 68.4 Å². The van der Waals surface area contributed by atoms with E-state index in [9.17, 15) is 32.5 Å². The molecule has 41 heavy (non-hydrogen) atoms. The van der Waals surface area contributed by atoms with Crippen molar-refractivity contribution in [3.05, 3.63) is 48.6 Å². The molecule has 1 fully saturated rings. The summed E-state index contributed by atoms with van der Waals surface area (Å²) in [5.41, 5.74) is -1.48. The molecule has 0 spiro atoms. The second-order valence-corrected chi connectivity index (χ2v) is 11.3. The van der Waals surface area contributed by atoms with Gasteiger partial charge in [-0.3, -0.25) is 14.4 Å². The fourth-order valence-electron chi connectivity index (χ4n) is 3.56. The van der Waals surface area contributed by atoms with E-state index in [4.69, 9.17) is 14.2 Å². The molecule has 1 saturated heterocycles. The number of allylic oxidation sites excluding steroid dienone is 8. The maximum absolute atomic E-state index is 12.2. The average molecular weight is 607 g/mol. The predicted octanol–water partition coefficient (Wildman–Crippen LogP) is 1.06. The molecule has 0 aromatic rings. The van der Waals surface area contributed by atoms with E-state index in [1.165, 1.54) is 19.3 Å². The monoisotopic (exact) mass is 606 g/mol. The van der Waals surface area contributed by atoms with Crippen molar-refractivity contribution in [1.29, 1.82) is 0 Å². The third-order valence-corrected chi connectivity index (χ3v) is 7.16. The number of hydrogen-bond donors (Lipinski definition) is 1. The van der Waals surface area contributed by atoms with Crippen molar-refractivity contribution in [1.82, 2.24) is 0 Å². The van der Waals surface area contributed by atoms with Crippen LogP contribution in [0.1, 0.15) is 77.6 Å². The normalized spacial score (nSPS) is 20.5. The molecule has 2 unspecified atom stereocenters. The van der Waals surface area contributed by atoms with Gasteiger partial charge in [-0.05, 0) is 44.9 Å². The van der Waals surface area contributed by atoms with E-state index in [0.29, 0.717) is 12.8 Å². The molecule has 0 amide bonds. The molecule has 1 N–H and O–H groups in total. The Balaban J connectivity index is 0.0000160. The van der Waals surface area contributed by atoms with E-state index in [0.717, 1.165) is 25.7 Å². The van der Waals surface area contributed by atoms with Crippen LogP contribution in [0.25, 0.3) is 0 Å². The Bertz CT molecular complexity index is 1000. The number of aliphatic hydroxyl groups excluding tert-OH is 1. The largest absolute Gasteiger partial charge is 1.00 e. The van der Waals surface area contributed by atoms with Crippen molar-refractivity contribution in [2.45, 2.75) is 82.8 Å². The maximum atomic E-state index is 12.2. The number of carbonyl (C=O) groups excluding carboxylic acids is 3. The predicted molar refractivity (Wildman–Crippen MR) is 149 cm³/mol. The minimum absolute atomic E-state index is 0. The summed E-state index contributed by atoms with van der Waals surface area (Å²) < 4.78 is 48.8. The van der Waals surface area contributed by atoms with Crippen molar-refractivity contribution in [3.63, 3.8) is 0 Å². The zero-order valence-corrected chi connectivity index (χ0v) is 27.1. The quantitative estimate of drug-likeness (QED) is 0.0598. The minimum Gasteiger partial charge on any atom is -0.747 e. The second-order valence-electron chi connectivity index (χ2n) is 9.75. The number of ether oxygens (including phenoxy) is 3. The molecule has 0 bridgehead atoms. The third kappa shape index (κ3) is 18.4. The summed E-state index contributed by atoms with van der Waals surface area (Å²) in [4.78, 5) is 36.1. The Labute approximate surface area is 266 Å². The summed E-state index contributed by atoms with van der Waals surface area (Å²) in [6, 6.07) is 0. The molecule has 0 aromatic heterocycles. The molecular weight excluding hydrogens is 563 g/mol. The number of carbonyl (C=O) groups is 3. The van der Waals surface area contributed by atoms with Crippen LogP contribution in [0, 0.1) is 5.41 Å². The first kappa shape index (κ1) is 39.2. The van der Waals surface area contributed by atoms with Crippen molar-refractivity contribution < 1.29 is 76.2 Å². The van der Waals surface area contributed by atoms with Crippen LogP contribution in [0.3, 0.4) is 0 Å². The van der Waals surface area contributed by atoms with Crippen LogP contribution >= 0.6 is 0 Å². The van der Waals surface area contributed by atoms with Crippen molar-refractivity contribution in [2.24, 2.45) is 5.41 Å². The van der Waals surface area contributed by atoms with Gasteiger partial charge < -0.3 is 23.9 Å². The van der Waals surface area contributed by atoms with E-state index in [-0.39, 0.29) is 36.0 Å². The van der Waals surface area contributed by atoms with Crippen molar-refractivity contribution >= 4 is 28.0 Å². The molecule has 226 valence electrons. The molecule has 12 heteroatoms. The third-order valence-electron chi connectivity index (χ3n) is 6.11. The molecule has 0 saturated carbocycles. The van der Waals surface area contributed by atoms with E-state index < -0.39 is 71.5 Å². The van der Waals surface area contributed by atoms with Crippen LogP contribution in [0.15, 0.2) is 48.6 Å². The van der Waals surface area contributed by atoms with Crippen molar-refractivity contribution in [3.8, 4) is 0 Å². The van der Waals surface area contributed by atoms with Gasteiger partial charge in [-0.2, -0.15) is 0 Å². The second kappa shape index (κ2) is 22.8. The van der Waals surface area contributed by atoms with E-state index in [1.54, 1.807) is 0 Å². The summed E-state index contributed by atoms with van der Waals surface area (Å²) in [6.07, 6.45) is 24.8. The van der Waals surface area contributed by atoms with Crippen LogP contribution in [0.5, 0.6) is 0 Å². The topological polar surface area (TPSA) is 156 Å². The molecular formula is C29H43NaO10S. The zero-order valence-electron chi connectivity index (χ0n) is 24.3. The summed E-state index contributed by atoms with van der Waals surface area (Å²) in [5.74, 6) is -3.09. The van der Waals surface area contributed by atoms with Gasteiger partial charge in [0, 0.05) is 6.42 Å². The van der Waals surface area contributed by atoms with Crippen LogP contribution < -0.4 is 29.6 Å².